The van der Waals surface area contributed by atoms with Crippen molar-refractivity contribution >= 4 is 17.3 Å². The van der Waals surface area contributed by atoms with Crippen LogP contribution in [0, 0.1) is 5.92 Å². The van der Waals surface area contributed by atoms with Crippen LogP contribution in [-0.2, 0) is 4.79 Å². The molecule has 20 heavy (non-hydrogen) atoms. The summed E-state index contributed by atoms with van der Waals surface area (Å²) < 4.78 is 5.09. The van der Waals surface area contributed by atoms with Gasteiger partial charge in [-0.3, -0.25) is 4.79 Å². The van der Waals surface area contributed by atoms with Crippen LogP contribution < -0.4 is 15.8 Å². The molecule has 110 valence electrons. The van der Waals surface area contributed by atoms with Crippen molar-refractivity contribution in [2.45, 2.75) is 44.9 Å². The molecule has 1 saturated carbocycles. The molecule has 0 aromatic heterocycles. The molecule has 1 amide bonds. The van der Waals surface area contributed by atoms with E-state index in [9.17, 15) is 4.79 Å². The van der Waals surface area contributed by atoms with Crippen molar-refractivity contribution < 1.29 is 9.53 Å². The molecule has 4 heteroatoms. The molecule has 0 radical (unpaired) electrons. The van der Waals surface area contributed by atoms with E-state index in [1.165, 1.54) is 32.1 Å². The second-order valence-corrected chi connectivity index (χ2v) is 5.55. The van der Waals surface area contributed by atoms with Gasteiger partial charge in [0.1, 0.15) is 5.75 Å². The van der Waals surface area contributed by atoms with E-state index in [1.54, 1.807) is 19.2 Å². The summed E-state index contributed by atoms with van der Waals surface area (Å²) in [6.45, 7) is 0. The summed E-state index contributed by atoms with van der Waals surface area (Å²) in [5.41, 5.74) is 7.09. The quantitative estimate of drug-likeness (QED) is 0.808. The zero-order chi connectivity index (χ0) is 14.4. The third-order valence-electron chi connectivity index (χ3n) is 4.02. The molecule has 0 saturated heterocycles. The Morgan fingerprint density at radius 2 is 2.10 bits per heavy atom. The van der Waals surface area contributed by atoms with Crippen LogP contribution in [0.1, 0.15) is 44.9 Å². The number of rotatable bonds is 5. The number of nitrogen functional groups attached to an aromatic ring is 1. The Kier molecular flexibility index (Phi) is 5.27. The standard InChI is InChI=1S/C16H24N2O2/c1-20-15-9-8-13(11-14(15)17)18-16(19)10-7-12-5-3-2-4-6-12/h8-9,11-12H,2-7,10,17H2,1H3,(H,18,19). The van der Waals surface area contributed by atoms with Crippen LogP contribution in [0.25, 0.3) is 0 Å². The van der Waals surface area contributed by atoms with E-state index in [0.29, 0.717) is 17.9 Å². The minimum absolute atomic E-state index is 0.0696. The lowest BCUT2D eigenvalue weighted by atomic mass is 9.86. The molecular weight excluding hydrogens is 252 g/mol. The summed E-state index contributed by atoms with van der Waals surface area (Å²) >= 11 is 0. The Bertz CT molecular complexity index is 454. The predicted octanol–water partition coefficient (Wildman–Crippen LogP) is 3.58. The van der Waals surface area contributed by atoms with Gasteiger partial charge in [-0.05, 0) is 30.5 Å². The number of ether oxygens (including phenoxy) is 1. The molecule has 0 bridgehead atoms. The number of carbonyl (C=O) groups is 1. The van der Waals surface area contributed by atoms with Crippen LogP contribution in [0.3, 0.4) is 0 Å². The SMILES string of the molecule is COc1ccc(NC(=O)CCC2CCCCC2)cc1N. The number of nitrogens with two attached hydrogens (primary N) is 1. The third-order valence-corrected chi connectivity index (χ3v) is 4.02. The van der Waals surface area contributed by atoms with Crippen LogP contribution in [0.2, 0.25) is 0 Å². The van der Waals surface area contributed by atoms with Gasteiger partial charge in [0.25, 0.3) is 0 Å². The summed E-state index contributed by atoms with van der Waals surface area (Å²) in [6, 6.07) is 5.32. The number of methoxy groups -OCH3 is 1. The van der Waals surface area contributed by atoms with Crippen molar-refractivity contribution in [2.75, 3.05) is 18.2 Å². The molecule has 0 heterocycles. The number of benzene rings is 1. The van der Waals surface area contributed by atoms with Gasteiger partial charge in [0.2, 0.25) is 5.91 Å². The first-order chi connectivity index (χ1) is 9.69. The number of nitrogens with one attached hydrogen (secondary N) is 1. The van der Waals surface area contributed by atoms with Gasteiger partial charge < -0.3 is 15.8 Å². The number of carbonyl (C=O) groups excluding carboxylic acids is 1. The number of hydrogen-bond donors (Lipinski definition) is 2. The molecule has 1 aromatic carbocycles. The van der Waals surface area contributed by atoms with E-state index in [2.05, 4.69) is 5.32 Å². The molecule has 1 aliphatic rings. The van der Waals surface area contributed by atoms with Crippen LogP contribution in [-0.4, -0.2) is 13.0 Å². The summed E-state index contributed by atoms with van der Waals surface area (Å²) in [5, 5.41) is 2.90. The highest BCUT2D eigenvalue weighted by Gasteiger charge is 2.15. The minimum atomic E-state index is 0.0696. The van der Waals surface area contributed by atoms with Crippen LogP contribution in [0.15, 0.2) is 18.2 Å². The van der Waals surface area contributed by atoms with Crippen molar-refractivity contribution in [1.29, 1.82) is 0 Å². The van der Waals surface area contributed by atoms with Crippen molar-refractivity contribution in [3.63, 3.8) is 0 Å². The normalized spacial score (nSPS) is 15.8. The average molecular weight is 276 g/mol. The van der Waals surface area contributed by atoms with Gasteiger partial charge in [0, 0.05) is 12.1 Å². The van der Waals surface area contributed by atoms with E-state index in [-0.39, 0.29) is 5.91 Å². The fourth-order valence-corrected chi connectivity index (χ4v) is 2.85. The van der Waals surface area contributed by atoms with E-state index in [1.807, 2.05) is 6.07 Å². The van der Waals surface area contributed by atoms with E-state index >= 15 is 0 Å². The first-order valence-corrected chi connectivity index (χ1v) is 7.42. The van der Waals surface area contributed by atoms with E-state index in [0.717, 1.165) is 18.0 Å². The predicted molar refractivity (Wildman–Crippen MR) is 81.8 cm³/mol. The molecule has 0 unspecified atom stereocenters. The van der Waals surface area contributed by atoms with E-state index < -0.39 is 0 Å². The molecular formula is C16H24N2O2. The van der Waals surface area contributed by atoms with Gasteiger partial charge >= 0.3 is 0 Å². The first-order valence-electron chi connectivity index (χ1n) is 7.42. The van der Waals surface area contributed by atoms with Gasteiger partial charge in [-0.2, -0.15) is 0 Å². The zero-order valence-electron chi connectivity index (χ0n) is 12.2. The Balaban J connectivity index is 1.80. The molecule has 2 rings (SSSR count). The molecule has 0 aliphatic heterocycles. The van der Waals surface area contributed by atoms with Gasteiger partial charge in [0.15, 0.2) is 0 Å². The fourth-order valence-electron chi connectivity index (χ4n) is 2.85. The molecule has 0 spiro atoms. The lowest BCUT2D eigenvalue weighted by Crippen LogP contribution is -2.15. The maximum absolute atomic E-state index is 11.9. The molecule has 1 aromatic rings. The molecule has 3 N–H and O–H groups in total. The van der Waals surface area contributed by atoms with Crippen molar-refractivity contribution in [3.8, 4) is 5.75 Å². The van der Waals surface area contributed by atoms with Gasteiger partial charge in [-0.25, -0.2) is 0 Å². The maximum atomic E-state index is 11.9. The largest absolute Gasteiger partial charge is 0.495 e. The van der Waals surface area contributed by atoms with Crippen molar-refractivity contribution in [2.24, 2.45) is 5.92 Å². The fraction of sp³-hybridized carbons (Fsp3) is 0.562. The number of amides is 1. The number of anilines is 2. The summed E-state index contributed by atoms with van der Waals surface area (Å²) in [6.07, 6.45) is 8.15. The van der Waals surface area contributed by atoms with Crippen LogP contribution in [0.4, 0.5) is 11.4 Å². The highest BCUT2D eigenvalue weighted by molar-refractivity contribution is 5.91. The van der Waals surface area contributed by atoms with Crippen LogP contribution in [0.5, 0.6) is 5.75 Å². The third kappa shape index (κ3) is 4.15. The Morgan fingerprint density at radius 3 is 2.75 bits per heavy atom. The monoisotopic (exact) mass is 276 g/mol. The molecule has 0 atom stereocenters. The average Bonchev–Trinajstić information content (AvgIpc) is 2.46. The summed E-state index contributed by atoms with van der Waals surface area (Å²) in [5.74, 6) is 1.43. The van der Waals surface area contributed by atoms with Crippen LogP contribution >= 0.6 is 0 Å². The minimum Gasteiger partial charge on any atom is -0.495 e. The van der Waals surface area contributed by atoms with Crippen molar-refractivity contribution in [1.82, 2.24) is 0 Å². The second kappa shape index (κ2) is 7.17. The Morgan fingerprint density at radius 1 is 1.35 bits per heavy atom. The lowest BCUT2D eigenvalue weighted by Gasteiger charge is -2.21. The van der Waals surface area contributed by atoms with Gasteiger partial charge in [-0.1, -0.05) is 32.1 Å². The van der Waals surface area contributed by atoms with Gasteiger partial charge in [-0.15, -0.1) is 0 Å². The zero-order valence-corrected chi connectivity index (χ0v) is 12.2. The summed E-state index contributed by atoms with van der Waals surface area (Å²) in [7, 11) is 1.58. The maximum Gasteiger partial charge on any atom is 0.224 e. The topological polar surface area (TPSA) is 64.3 Å². The molecule has 1 fully saturated rings. The highest BCUT2D eigenvalue weighted by Crippen LogP contribution is 2.28. The summed E-state index contributed by atoms with van der Waals surface area (Å²) in [4.78, 5) is 11.9. The van der Waals surface area contributed by atoms with Gasteiger partial charge in [0.05, 0.1) is 12.8 Å². The van der Waals surface area contributed by atoms with E-state index in [4.69, 9.17) is 10.5 Å². The lowest BCUT2D eigenvalue weighted by molar-refractivity contribution is -0.116. The molecule has 1 aliphatic carbocycles. The molecule has 4 nitrogen and oxygen atoms in total. The second-order valence-electron chi connectivity index (χ2n) is 5.55. The highest BCUT2D eigenvalue weighted by atomic mass is 16.5. The Hall–Kier alpha value is -1.71. The Labute approximate surface area is 120 Å². The smallest absolute Gasteiger partial charge is 0.224 e. The number of hydrogen-bond acceptors (Lipinski definition) is 3. The first kappa shape index (κ1) is 14.7. The van der Waals surface area contributed by atoms with Crippen molar-refractivity contribution in [3.05, 3.63) is 18.2 Å².